The van der Waals surface area contributed by atoms with Crippen LogP contribution in [0.4, 0.5) is 4.39 Å². The molecule has 3 rings (SSSR count). The minimum Gasteiger partial charge on any atom is -0.326 e. The molecule has 0 amide bonds. The van der Waals surface area contributed by atoms with Gasteiger partial charge in [-0.05, 0) is 45.8 Å². The number of tetrazole rings is 1. The van der Waals surface area contributed by atoms with Gasteiger partial charge in [0.05, 0.1) is 6.54 Å². The molecule has 0 atom stereocenters. The lowest BCUT2D eigenvalue weighted by atomic mass is 10.1. The van der Waals surface area contributed by atoms with E-state index in [-0.39, 0.29) is 5.82 Å². The topological polar surface area (TPSA) is 69.6 Å². The number of rotatable bonds is 4. The first-order valence-corrected chi connectivity index (χ1v) is 6.56. The lowest BCUT2D eigenvalue weighted by molar-refractivity contribution is 0.627. The summed E-state index contributed by atoms with van der Waals surface area (Å²) in [6, 6.07) is 14.1. The molecule has 0 aliphatic heterocycles. The second-order valence-electron chi connectivity index (χ2n) is 4.69. The molecule has 0 saturated carbocycles. The van der Waals surface area contributed by atoms with Crippen LogP contribution in [0.25, 0.3) is 11.4 Å². The standard InChI is InChI=1S/C15H14FN5/c16-14-7-5-13(6-8-14)15-18-19-20-21(15)10-12-3-1-11(9-17)2-4-12/h1-8H,9-10,17H2. The van der Waals surface area contributed by atoms with Gasteiger partial charge in [-0.25, -0.2) is 9.07 Å². The van der Waals surface area contributed by atoms with Gasteiger partial charge in [-0.1, -0.05) is 24.3 Å². The monoisotopic (exact) mass is 283 g/mol. The Morgan fingerprint density at radius 2 is 1.62 bits per heavy atom. The zero-order valence-corrected chi connectivity index (χ0v) is 11.3. The number of hydrogen-bond donors (Lipinski definition) is 1. The fourth-order valence-electron chi connectivity index (χ4n) is 2.07. The van der Waals surface area contributed by atoms with E-state index >= 15 is 0 Å². The maximum atomic E-state index is 13.0. The highest BCUT2D eigenvalue weighted by atomic mass is 19.1. The molecule has 0 aliphatic rings. The number of benzene rings is 2. The molecule has 0 spiro atoms. The fourth-order valence-corrected chi connectivity index (χ4v) is 2.07. The molecule has 1 heterocycles. The second-order valence-corrected chi connectivity index (χ2v) is 4.69. The molecule has 21 heavy (non-hydrogen) atoms. The van der Waals surface area contributed by atoms with Crippen LogP contribution in [0.2, 0.25) is 0 Å². The summed E-state index contributed by atoms with van der Waals surface area (Å²) in [6.07, 6.45) is 0. The van der Waals surface area contributed by atoms with E-state index in [2.05, 4.69) is 15.5 Å². The van der Waals surface area contributed by atoms with Crippen molar-refractivity contribution < 1.29 is 4.39 Å². The summed E-state index contributed by atoms with van der Waals surface area (Å²) in [5.41, 5.74) is 8.51. The molecular weight excluding hydrogens is 269 g/mol. The molecule has 0 radical (unpaired) electrons. The highest BCUT2D eigenvalue weighted by Gasteiger charge is 2.09. The quantitative estimate of drug-likeness (QED) is 0.795. The smallest absolute Gasteiger partial charge is 0.182 e. The Kier molecular flexibility index (Phi) is 3.70. The summed E-state index contributed by atoms with van der Waals surface area (Å²) in [5.74, 6) is 0.327. The third kappa shape index (κ3) is 2.95. The SMILES string of the molecule is NCc1ccc(Cn2nnnc2-c2ccc(F)cc2)cc1. The van der Waals surface area contributed by atoms with Crippen LogP contribution in [0.15, 0.2) is 48.5 Å². The van der Waals surface area contributed by atoms with E-state index < -0.39 is 0 Å². The van der Waals surface area contributed by atoms with Crippen molar-refractivity contribution in [2.75, 3.05) is 0 Å². The van der Waals surface area contributed by atoms with Crippen molar-refractivity contribution in [1.82, 2.24) is 20.2 Å². The number of nitrogens with two attached hydrogens (primary N) is 1. The van der Waals surface area contributed by atoms with Crippen molar-refractivity contribution in [1.29, 1.82) is 0 Å². The van der Waals surface area contributed by atoms with E-state index in [1.165, 1.54) is 12.1 Å². The molecule has 6 heteroatoms. The summed E-state index contributed by atoms with van der Waals surface area (Å²) in [5, 5.41) is 11.7. The molecule has 106 valence electrons. The molecule has 2 N–H and O–H groups in total. The van der Waals surface area contributed by atoms with Gasteiger partial charge in [0.1, 0.15) is 5.82 Å². The lowest BCUT2D eigenvalue weighted by Crippen LogP contribution is -2.05. The maximum Gasteiger partial charge on any atom is 0.182 e. The molecule has 0 bridgehead atoms. The zero-order chi connectivity index (χ0) is 14.7. The van der Waals surface area contributed by atoms with Crippen molar-refractivity contribution >= 4 is 0 Å². The van der Waals surface area contributed by atoms with Crippen LogP contribution in [0.3, 0.4) is 0 Å². The Hall–Kier alpha value is -2.60. The molecule has 0 fully saturated rings. The van der Waals surface area contributed by atoms with Crippen LogP contribution < -0.4 is 5.73 Å². The Bertz CT molecular complexity index is 719. The van der Waals surface area contributed by atoms with Gasteiger partial charge in [0, 0.05) is 12.1 Å². The molecule has 0 saturated heterocycles. The summed E-state index contributed by atoms with van der Waals surface area (Å²) >= 11 is 0. The van der Waals surface area contributed by atoms with Crippen LogP contribution in [-0.4, -0.2) is 20.2 Å². The van der Waals surface area contributed by atoms with Crippen LogP contribution in [0.1, 0.15) is 11.1 Å². The Labute approximate surface area is 121 Å². The van der Waals surface area contributed by atoms with E-state index in [0.29, 0.717) is 18.9 Å². The first kappa shape index (κ1) is 13.4. The van der Waals surface area contributed by atoms with Gasteiger partial charge in [-0.15, -0.1) is 5.10 Å². The van der Waals surface area contributed by atoms with Crippen LogP contribution in [-0.2, 0) is 13.1 Å². The normalized spacial score (nSPS) is 10.8. The van der Waals surface area contributed by atoms with Gasteiger partial charge in [0.25, 0.3) is 0 Å². The molecule has 1 aromatic heterocycles. The van der Waals surface area contributed by atoms with Crippen LogP contribution >= 0.6 is 0 Å². The highest BCUT2D eigenvalue weighted by Crippen LogP contribution is 2.17. The first-order valence-electron chi connectivity index (χ1n) is 6.56. The molecule has 0 aliphatic carbocycles. The van der Waals surface area contributed by atoms with E-state index in [9.17, 15) is 4.39 Å². The van der Waals surface area contributed by atoms with Gasteiger partial charge in [0.2, 0.25) is 0 Å². The number of halogens is 1. The van der Waals surface area contributed by atoms with Gasteiger partial charge in [-0.3, -0.25) is 0 Å². The van der Waals surface area contributed by atoms with E-state index in [4.69, 9.17) is 5.73 Å². The van der Waals surface area contributed by atoms with E-state index in [0.717, 1.165) is 16.7 Å². The fraction of sp³-hybridized carbons (Fsp3) is 0.133. The summed E-state index contributed by atoms with van der Waals surface area (Å²) in [7, 11) is 0. The van der Waals surface area contributed by atoms with Gasteiger partial charge in [0.15, 0.2) is 5.82 Å². The Morgan fingerprint density at radius 1 is 0.952 bits per heavy atom. The van der Waals surface area contributed by atoms with E-state index in [1.54, 1.807) is 16.8 Å². The van der Waals surface area contributed by atoms with Crippen LogP contribution in [0.5, 0.6) is 0 Å². The third-order valence-corrected chi connectivity index (χ3v) is 3.23. The third-order valence-electron chi connectivity index (χ3n) is 3.23. The van der Waals surface area contributed by atoms with Crippen molar-refractivity contribution in [2.24, 2.45) is 5.73 Å². The average Bonchev–Trinajstić information content (AvgIpc) is 2.97. The predicted molar refractivity (Wildman–Crippen MR) is 76.6 cm³/mol. The maximum absolute atomic E-state index is 13.0. The minimum atomic E-state index is -0.282. The highest BCUT2D eigenvalue weighted by molar-refractivity contribution is 5.54. The van der Waals surface area contributed by atoms with Gasteiger partial charge in [-0.2, -0.15) is 0 Å². The van der Waals surface area contributed by atoms with Gasteiger partial charge >= 0.3 is 0 Å². The number of hydrogen-bond acceptors (Lipinski definition) is 4. The molecular formula is C15H14FN5. The van der Waals surface area contributed by atoms with Crippen molar-refractivity contribution in [3.63, 3.8) is 0 Å². The summed E-state index contributed by atoms with van der Waals surface area (Å²) in [6.45, 7) is 1.07. The molecule has 3 aromatic rings. The lowest BCUT2D eigenvalue weighted by Gasteiger charge is -2.06. The minimum absolute atomic E-state index is 0.282. The van der Waals surface area contributed by atoms with E-state index in [1.807, 2.05) is 24.3 Å². The molecule has 0 unspecified atom stereocenters. The van der Waals surface area contributed by atoms with Gasteiger partial charge < -0.3 is 5.73 Å². The Morgan fingerprint density at radius 3 is 2.29 bits per heavy atom. The van der Waals surface area contributed by atoms with Crippen molar-refractivity contribution in [3.05, 3.63) is 65.5 Å². The molecule has 5 nitrogen and oxygen atoms in total. The average molecular weight is 283 g/mol. The van der Waals surface area contributed by atoms with Crippen molar-refractivity contribution in [3.8, 4) is 11.4 Å². The summed E-state index contributed by atoms with van der Waals surface area (Å²) in [4.78, 5) is 0. The summed E-state index contributed by atoms with van der Waals surface area (Å²) < 4.78 is 14.7. The second kappa shape index (κ2) is 5.80. The zero-order valence-electron chi connectivity index (χ0n) is 11.3. The van der Waals surface area contributed by atoms with Crippen molar-refractivity contribution in [2.45, 2.75) is 13.1 Å². The number of aromatic nitrogens is 4. The first-order chi connectivity index (χ1) is 10.3. The molecule has 2 aromatic carbocycles. The Balaban J connectivity index is 1.86. The van der Waals surface area contributed by atoms with Crippen LogP contribution in [0, 0.1) is 5.82 Å². The number of nitrogens with zero attached hydrogens (tertiary/aromatic N) is 4. The predicted octanol–water partition coefficient (Wildman–Crippen LogP) is 1.99. The largest absolute Gasteiger partial charge is 0.326 e.